The van der Waals surface area contributed by atoms with Crippen LogP contribution in [0.4, 0.5) is 0 Å². The first kappa shape index (κ1) is 11.8. The second-order valence-corrected chi connectivity index (χ2v) is 5.24. The smallest absolute Gasteiger partial charge is 0.0487 e. The summed E-state index contributed by atoms with van der Waals surface area (Å²) in [6, 6.07) is 17.3. The third-order valence-electron chi connectivity index (χ3n) is 3.29. The second-order valence-electron chi connectivity index (χ2n) is 4.84. The highest BCUT2D eigenvalue weighted by Crippen LogP contribution is 2.29. The number of benzene rings is 2. The molecule has 2 aromatic rings. The van der Waals surface area contributed by atoms with Crippen LogP contribution in [-0.2, 0) is 6.54 Å². The van der Waals surface area contributed by atoms with E-state index >= 15 is 0 Å². The van der Waals surface area contributed by atoms with Crippen molar-refractivity contribution in [1.82, 2.24) is 5.32 Å². The minimum absolute atomic E-state index is 0.734. The van der Waals surface area contributed by atoms with E-state index in [2.05, 4.69) is 35.6 Å². The molecule has 3 rings (SSSR count). The molecule has 2 heteroatoms. The van der Waals surface area contributed by atoms with Gasteiger partial charge in [0.05, 0.1) is 0 Å². The summed E-state index contributed by atoms with van der Waals surface area (Å²) >= 11 is 6.37. The van der Waals surface area contributed by atoms with Crippen LogP contribution < -0.4 is 5.32 Å². The summed E-state index contributed by atoms with van der Waals surface area (Å²) < 4.78 is 0. The van der Waals surface area contributed by atoms with Gasteiger partial charge in [-0.2, -0.15) is 0 Å². The predicted molar refractivity (Wildman–Crippen MR) is 76.7 cm³/mol. The van der Waals surface area contributed by atoms with Gasteiger partial charge in [-0.3, -0.25) is 0 Å². The minimum atomic E-state index is 0.734. The monoisotopic (exact) mass is 257 g/mol. The van der Waals surface area contributed by atoms with Crippen molar-refractivity contribution in [3.63, 3.8) is 0 Å². The topological polar surface area (TPSA) is 12.0 Å². The first-order valence-electron chi connectivity index (χ1n) is 6.40. The number of rotatable bonds is 4. The van der Waals surface area contributed by atoms with Crippen molar-refractivity contribution in [1.29, 1.82) is 0 Å². The zero-order chi connectivity index (χ0) is 12.4. The third-order valence-corrected chi connectivity index (χ3v) is 3.60. The maximum absolute atomic E-state index is 6.37. The summed E-state index contributed by atoms with van der Waals surface area (Å²) in [5.41, 5.74) is 3.53. The molecule has 92 valence electrons. The summed E-state index contributed by atoms with van der Waals surface area (Å²) in [4.78, 5) is 0. The Kier molecular flexibility index (Phi) is 3.35. The number of hydrogen-bond acceptors (Lipinski definition) is 1. The fourth-order valence-electron chi connectivity index (χ4n) is 2.07. The van der Waals surface area contributed by atoms with Gasteiger partial charge in [-0.1, -0.05) is 54.1 Å². The predicted octanol–water partition coefficient (Wildman–Crippen LogP) is 4.26. The second kappa shape index (κ2) is 5.13. The van der Waals surface area contributed by atoms with E-state index in [1.165, 1.54) is 24.0 Å². The lowest BCUT2D eigenvalue weighted by Gasteiger charge is -2.08. The molecule has 0 saturated heterocycles. The fourth-order valence-corrected chi connectivity index (χ4v) is 2.38. The van der Waals surface area contributed by atoms with Crippen molar-refractivity contribution < 1.29 is 0 Å². The first-order chi connectivity index (χ1) is 8.83. The zero-order valence-corrected chi connectivity index (χ0v) is 11.0. The molecule has 1 aliphatic carbocycles. The SMILES string of the molecule is Clc1cc(CNC2CC2)ccc1-c1ccccc1. The van der Waals surface area contributed by atoms with Crippen LogP contribution in [0.3, 0.4) is 0 Å². The van der Waals surface area contributed by atoms with Gasteiger partial charge in [0.15, 0.2) is 0 Å². The highest BCUT2D eigenvalue weighted by atomic mass is 35.5. The Morgan fingerprint density at radius 1 is 1.06 bits per heavy atom. The van der Waals surface area contributed by atoms with Gasteiger partial charge in [-0.15, -0.1) is 0 Å². The van der Waals surface area contributed by atoms with Gasteiger partial charge in [0.2, 0.25) is 0 Å². The normalized spacial score (nSPS) is 14.7. The third kappa shape index (κ3) is 2.74. The lowest BCUT2D eigenvalue weighted by molar-refractivity contribution is 0.688. The van der Waals surface area contributed by atoms with Crippen LogP contribution in [-0.4, -0.2) is 6.04 Å². The summed E-state index contributed by atoms with van der Waals surface area (Å²) in [6.07, 6.45) is 2.63. The van der Waals surface area contributed by atoms with Crippen LogP contribution in [0, 0.1) is 0 Å². The molecule has 1 aliphatic rings. The van der Waals surface area contributed by atoms with Gasteiger partial charge >= 0.3 is 0 Å². The van der Waals surface area contributed by atoms with Gasteiger partial charge in [-0.05, 0) is 30.0 Å². The average Bonchev–Trinajstić information content (AvgIpc) is 3.21. The molecule has 0 aliphatic heterocycles. The van der Waals surface area contributed by atoms with Gasteiger partial charge in [0.25, 0.3) is 0 Å². The van der Waals surface area contributed by atoms with Crippen LogP contribution in [0.25, 0.3) is 11.1 Å². The van der Waals surface area contributed by atoms with Gasteiger partial charge in [0, 0.05) is 23.2 Å². The van der Waals surface area contributed by atoms with E-state index in [1.54, 1.807) is 0 Å². The number of halogens is 1. The quantitative estimate of drug-likeness (QED) is 0.863. The van der Waals surface area contributed by atoms with Crippen molar-refractivity contribution in [2.75, 3.05) is 0 Å². The molecular formula is C16H16ClN. The average molecular weight is 258 g/mol. The molecule has 0 amide bonds. The van der Waals surface area contributed by atoms with Crippen LogP contribution in [0.2, 0.25) is 5.02 Å². The highest BCUT2D eigenvalue weighted by Gasteiger charge is 2.19. The molecular weight excluding hydrogens is 242 g/mol. The van der Waals surface area contributed by atoms with E-state index in [9.17, 15) is 0 Å². The van der Waals surface area contributed by atoms with E-state index in [0.29, 0.717) is 0 Å². The van der Waals surface area contributed by atoms with Gasteiger partial charge in [0.1, 0.15) is 0 Å². The maximum Gasteiger partial charge on any atom is 0.0487 e. The summed E-state index contributed by atoms with van der Waals surface area (Å²) in [5, 5.41) is 4.33. The van der Waals surface area contributed by atoms with Crippen molar-refractivity contribution in [3.05, 3.63) is 59.1 Å². The van der Waals surface area contributed by atoms with E-state index < -0.39 is 0 Å². The molecule has 2 aromatic carbocycles. The molecule has 0 heterocycles. The Balaban J connectivity index is 1.80. The molecule has 0 spiro atoms. The lowest BCUT2D eigenvalue weighted by Crippen LogP contribution is -2.15. The molecule has 0 atom stereocenters. The first-order valence-corrected chi connectivity index (χ1v) is 6.78. The van der Waals surface area contributed by atoms with Crippen molar-refractivity contribution in [3.8, 4) is 11.1 Å². The van der Waals surface area contributed by atoms with Crippen molar-refractivity contribution >= 4 is 11.6 Å². The Bertz CT molecular complexity index is 532. The maximum atomic E-state index is 6.37. The molecule has 0 unspecified atom stereocenters. The van der Waals surface area contributed by atoms with E-state index in [-0.39, 0.29) is 0 Å². The van der Waals surface area contributed by atoms with Crippen molar-refractivity contribution in [2.45, 2.75) is 25.4 Å². The Morgan fingerprint density at radius 2 is 1.83 bits per heavy atom. The van der Waals surface area contributed by atoms with E-state index in [0.717, 1.165) is 23.2 Å². The Labute approximate surface area is 113 Å². The molecule has 0 bridgehead atoms. The van der Waals surface area contributed by atoms with Gasteiger partial charge < -0.3 is 5.32 Å². The van der Waals surface area contributed by atoms with Crippen LogP contribution in [0.1, 0.15) is 18.4 Å². The van der Waals surface area contributed by atoms with Crippen molar-refractivity contribution in [2.24, 2.45) is 0 Å². The standard InChI is InChI=1S/C16H16ClN/c17-16-10-12(11-18-14-7-8-14)6-9-15(16)13-4-2-1-3-5-13/h1-6,9-10,14,18H,7-8,11H2. The van der Waals surface area contributed by atoms with Gasteiger partial charge in [-0.25, -0.2) is 0 Å². The van der Waals surface area contributed by atoms with E-state index in [1.807, 2.05) is 18.2 Å². The number of nitrogens with one attached hydrogen (secondary N) is 1. The summed E-state index contributed by atoms with van der Waals surface area (Å²) in [7, 11) is 0. The molecule has 1 N–H and O–H groups in total. The largest absolute Gasteiger partial charge is 0.310 e. The molecule has 0 aromatic heterocycles. The summed E-state index contributed by atoms with van der Waals surface area (Å²) in [5.74, 6) is 0. The number of hydrogen-bond donors (Lipinski definition) is 1. The molecule has 1 nitrogen and oxygen atoms in total. The minimum Gasteiger partial charge on any atom is -0.310 e. The van der Waals surface area contributed by atoms with E-state index in [4.69, 9.17) is 11.6 Å². The Morgan fingerprint density at radius 3 is 2.50 bits per heavy atom. The fraction of sp³-hybridized carbons (Fsp3) is 0.250. The highest BCUT2D eigenvalue weighted by molar-refractivity contribution is 6.33. The zero-order valence-electron chi connectivity index (χ0n) is 10.2. The van der Waals surface area contributed by atoms with Crippen LogP contribution in [0.15, 0.2) is 48.5 Å². The molecule has 0 radical (unpaired) electrons. The lowest BCUT2D eigenvalue weighted by atomic mass is 10.0. The van der Waals surface area contributed by atoms with Crippen LogP contribution in [0.5, 0.6) is 0 Å². The van der Waals surface area contributed by atoms with Crippen LogP contribution >= 0.6 is 11.6 Å². The summed E-state index contributed by atoms with van der Waals surface area (Å²) in [6.45, 7) is 0.916. The molecule has 1 saturated carbocycles. The molecule has 1 fully saturated rings. The Hall–Kier alpha value is -1.31. The molecule has 18 heavy (non-hydrogen) atoms.